The molecule has 0 aliphatic rings. The number of hydrogen-bond acceptors (Lipinski definition) is 1. The fourth-order valence-electron chi connectivity index (χ4n) is 3.59. The van der Waals surface area contributed by atoms with E-state index in [1.165, 1.54) is 16.7 Å². The van der Waals surface area contributed by atoms with Crippen LogP contribution in [0.3, 0.4) is 0 Å². The largest absolute Gasteiger partial charge is 0.310 e. The predicted molar refractivity (Wildman–Crippen MR) is 125 cm³/mol. The third-order valence-electron chi connectivity index (χ3n) is 5.22. The Kier molecular flexibility index (Phi) is 5.22. The zero-order valence-corrected chi connectivity index (χ0v) is 17.3. The van der Waals surface area contributed by atoms with Crippen molar-refractivity contribution in [1.82, 2.24) is 0 Å². The van der Waals surface area contributed by atoms with Gasteiger partial charge in [-0.2, -0.15) is 0 Å². The van der Waals surface area contributed by atoms with Gasteiger partial charge in [-0.3, -0.25) is 0 Å². The second-order valence-corrected chi connectivity index (χ2v) is 8.38. The number of benzene rings is 4. The van der Waals surface area contributed by atoms with Crippen LogP contribution < -0.4 is 4.90 Å². The first-order chi connectivity index (χ1) is 14.0. The standard InChI is InChI=1S/C28H27N/c1-28(2,3)24-17-19-26(20-18-24)29(25-14-8-5-9-15-25)27-16-10-13-23(21-27)22-11-6-4-7-12-22/h4-21H,1-3H3. The first kappa shape index (κ1) is 19.0. The Morgan fingerprint density at radius 3 is 1.62 bits per heavy atom. The van der Waals surface area contributed by atoms with E-state index in [-0.39, 0.29) is 5.41 Å². The van der Waals surface area contributed by atoms with Crippen LogP contribution in [-0.4, -0.2) is 0 Å². The van der Waals surface area contributed by atoms with Gasteiger partial charge in [-0.1, -0.05) is 93.6 Å². The molecule has 0 aliphatic heterocycles. The van der Waals surface area contributed by atoms with Crippen molar-refractivity contribution in [2.75, 3.05) is 4.90 Å². The monoisotopic (exact) mass is 377 g/mol. The lowest BCUT2D eigenvalue weighted by Crippen LogP contribution is -2.13. The van der Waals surface area contributed by atoms with E-state index in [1.54, 1.807) is 0 Å². The summed E-state index contributed by atoms with van der Waals surface area (Å²) >= 11 is 0. The number of para-hydroxylation sites is 1. The molecular weight excluding hydrogens is 350 g/mol. The summed E-state index contributed by atoms with van der Waals surface area (Å²) in [5.74, 6) is 0. The second kappa shape index (κ2) is 7.97. The summed E-state index contributed by atoms with van der Waals surface area (Å²) in [6, 6.07) is 38.8. The average Bonchev–Trinajstić information content (AvgIpc) is 2.75. The highest BCUT2D eigenvalue weighted by molar-refractivity contribution is 5.79. The molecule has 0 radical (unpaired) electrons. The number of anilines is 3. The zero-order valence-electron chi connectivity index (χ0n) is 17.3. The minimum Gasteiger partial charge on any atom is -0.310 e. The van der Waals surface area contributed by atoms with Crippen molar-refractivity contribution in [2.24, 2.45) is 0 Å². The van der Waals surface area contributed by atoms with Gasteiger partial charge < -0.3 is 4.90 Å². The normalized spacial score (nSPS) is 11.3. The third-order valence-corrected chi connectivity index (χ3v) is 5.22. The molecule has 4 aromatic rings. The van der Waals surface area contributed by atoms with Gasteiger partial charge in [0.25, 0.3) is 0 Å². The topological polar surface area (TPSA) is 3.24 Å². The molecule has 0 fully saturated rings. The van der Waals surface area contributed by atoms with Crippen molar-refractivity contribution in [3.8, 4) is 11.1 Å². The lowest BCUT2D eigenvalue weighted by molar-refractivity contribution is 0.590. The maximum Gasteiger partial charge on any atom is 0.0467 e. The Hall–Kier alpha value is -3.32. The molecule has 0 aliphatic carbocycles. The van der Waals surface area contributed by atoms with Gasteiger partial charge in [0.2, 0.25) is 0 Å². The Morgan fingerprint density at radius 2 is 1.00 bits per heavy atom. The van der Waals surface area contributed by atoms with Gasteiger partial charge in [-0.25, -0.2) is 0 Å². The van der Waals surface area contributed by atoms with E-state index in [1.807, 2.05) is 0 Å². The highest BCUT2D eigenvalue weighted by atomic mass is 15.1. The van der Waals surface area contributed by atoms with Gasteiger partial charge in [0.05, 0.1) is 0 Å². The highest BCUT2D eigenvalue weighted by Crippen LogP contribution is 2.37. The lowest BCUT2D eigenvalue weighted by Gasteiger charge is -2.27. The first-order valence-corrected chi connectivity index (χ1v) is 10.1. The first-order valence-electron chi connectivity index (χ1n) is 10.1. The molecule has 1 heteroatoms. The zero-order chi connectivity index (χ0) is 20.3. The summed E-state index contributed by atoms with van der Waals surface area (Å²) < 4.78 is 0. The number of hydrogen-bond donors (Lipinski definition) is 0. The van der Waals surface area contributed by atoms with E-state index in [0.717, 1.165) is 17.1 Å². The van der Waals surface area contributed by atoms with Gasteiger partial charge in [0.15, 0.2) is 0 Å². The van der Waals surface area contributed by atoms with Crippen LogP contribution in [0.1, 0.15) is 26.3 Å². The van der Waals surface area contributed by atoms with Crippen LogP contribution in [0, 0.1) is 0 Å². The van der Waals surface area contributed by atoms with Gasteiger partial charge >= 0.3 is 0 Å². The number of rotatable bonds is 4. The molecule has 4 rings (SSSR count). The van der Waals surface area contributed by atoms with Crippen molar-refractivity contribution in [3.05, 3.63) is 115 Å². The quantitative estimate of drug-likeness (QED) is 0.347. The van der Waals surface area contributed by atoms with Crippen LogP contribution in [0.15, 0.2) is 109 Å². The molecular formula is C28H27N. The maximum atomic E-state index is 2.32. The molecule has 0 bridgehead atoms. The smallest absolute Gasteiger partial charge is 0.0467 e. The third kappa shape index (κ3) is 4.25. The SMILES string of the molecule is CC(C)(C)c1ccc(N(c2ccccc2)c2cccc(-c3ccccc3)c2)cc1. The summed E-state index contributed by atoms with van der Waals surface area (Å²) in [6.45, 7) is 6.75. The van der Waals surface area contributed by atoms with Crippen LogP contribution in [-0.2, 0) is 5.41 Å². The molecule has 29 heavy (non-hydrogen) atoms. The molecule has 0 spiro atoms. The van der Waals surface area contributed by atoms with Crippen molar-refractivity contribution >= 4 is 17.1 Å². The molecule has 0 aromatic heterocycles. The van der Waals surface area contributed by atoms with Crippen LogP contribution in [0.4, 0.5) is 17.1 Å². The summed E-state index contributed by atoms with van der Waals surface area (Å²) in [4.78, 5) is 2.32. The van der Waals surface area contributed by atoms with E-state index >= 15 is 0 Å². The highest BCUT2D eigenvalue weighted by Gasteiger charge is 2.16. The van der Waals surface area contributed by atoms with E-state index in [2.05, 4.69) is 135 Å². The fourth-order valence-corrected chi connectivity index (χ4v) is 3.59. The Bertz CT molecular complexity index is 1060. The Balaban J connectivity index is 1.80. The van der Waals surface area contributed by atoms with Crippen LogP contribution >= 0.6 is 0 Å². The molecule has 0 N–H and O–H groups in total. The fraction of sp³-hybridized carbons (Fsp3) is 0.143. The van der Waals surface area contributed by atoms with Crippen LogP contribution in [0.5, 0.6) is 0 Å². The summed E-state index contributed by atoms with van der Waals surface area (Å²) in [5.41, 5.74) is 7.40. The predicted octanol–water partition coefficient (Wildman–Crippen LogP) is 8.12. The van der Waals surface area contributed by atoms with E-state index in [9.17, 15) is 0 Å². The Labute approximate surface area is 174 Å². The molecule has 0 saturated carbocycles. The lowest BCUT2D eigenvalue weighted by atomic mass is 9.87. The van der Waals surface area contributed by atoms with E-state index in [0.29, 0.717) is 0 Å². The average molecular weight is 378 g/mol. The number of nitrogens with zero attached hydrogens (tertiary/aromatic N) is 1. The molecule has 4 aromatic carbocycles. The minimum atomic E-state index is 0.142. The Morgan fingerprint density at radius 1 is 0.483 bits per heavy atom. The summed E-state index contributed by atoms with van der Waals surface area (Å²) in [5, 5.41) is 0. The minimum absolute atomic E-state index is 0.142. The van der Waals surface area contributed by atoms with Crippen molar-refractivity contribution < 1.29 is 0 Å². The van der Waals surface area contributed by atoms with Gasteiger partial charge in [0.1, 0.15) is 0 Å². The van der Waals surface area contributed by atoms with E-state index < -0.39 is 0 Å². The van der Waals surface area contributed by atoms with Crippen molar-refractivity contribution in [2.45, 2.75) is 26.2 Å². The van der Waals surface area contributed by atoms with E-state index in [4.69, 9.17) is 0 Å². The molecule has 1 nitrogen and oxygen atoms in total. The molecule has 0 saturated heterocycles. The molecule has 0 heterocycles. The molecule has 0 atom stereocenters. The van der Waals surface area contributed by atoms with Gasteiger partial charge in [0, 0.05) is 17.1 Å². The van der Waals surface area contributed by atoms with Gasteiger partial charge in [-0.15, -0.1) is 0 Å². The summed E-state index contributed by atoms with van der Waals surface area (Å²) in [7, 11) is 0. The van der Waals surface area contributed by atoms with Crippen molar-refractivity contribution in [1.29, 1.82) is 0 Å². The van der Waals surface area contributed by atoms with Crippen molar-refractivity contribution in [3.63, 3.8) is 0 Å². The molecule has 0 amide bonds. The van der Waals surface area contributed by atoms with Crippen LogP contribution in [0.25, 0.3) is 11.1 Å². The molecule has 0 unspecified atom stereocenters. The molecule has 144 valence electrons. The van der Waals surface area contributed by atoms with Crippen LogP contribution in [0.2, 0.25) is 0 Å². The van der Waals surface area contributed by atoms with Gasteiger partial charge in [-0.05, 0) is 58.5 Å². The summed E-state index contributed by atoms with van der Waals surface area (Å²) in [6.07, 6.45) is 0. The maximum absolute atomic E-state index is 2.32. The second-order valence-electron chi connectivity index (χ2n) is 8.38.